The maximum Gasteiger partial charge on any atom is 0.0666 e. The number of hydrogen-bond acceptors (Lipinski definition) is 3. The Morgan fingerprint density at radius 1 is 1.75 bits per heavy atom. The lowest BCUT2D eigenvalue weighted by atomic mass is 10.2. The fourth-order valence-electron chi connectivity index (χ4n) is 1.24. The third-order valence-corrected chi connectivity index (χ3v) is 3.83. The van der Waals surface area contributed by atoms with Crippen LogP contribution < -0.4 is 0 Å². The van der Waals surface area contributed by atoms with Crippen molar-refractivity contribution in [1.82, 2.24) is 0 Å². The first-order valence-corrected chi connectivity index (χ1v) is 5.41. The van der Waals surface area contributed by atoms with Crippen LogP contribution in [-0.4, -0.2) is 23.7 Å². The Labute approximate surface area is 78.3 Å². The summed E-state index contributed by atoms with van der Waals surface area (Å²) in [5, 5.41) is 9.19. The van der Waals surface area contributed by atoms with Crippen LogP contribution in [0, 0.1) is 17.2 Å². The number of rotatable bonds is 3. The quantitative estimate of drug-likeness (QED) is 0.674. The summed E-state index contributed by atoms with van der Waals surface area (Å²) in [7, 11) is 0. The van der Waals surface area contributed by atoms with Gasteiger partial charge in [-0.3, -0.25) is 0 Å². The second-order valence-electron chi connectivity index (χ2n) is 3.27. The van der Waals surface area contributed by atoms with Crippen LogP contribution >= 0.6 is 11.8 Å². The molecule has 1 saturated heterocycles. The van der Waals surface area contributed by atoms with Gasteiger partial charge in [-0.25, -0.2) is 0 Å². The lowest BCUT2D eigenvalue weighted by Crippen LogP contribution is -2.15. The van der Waals surface area contributed by atoms with E-state index in [1.807, 2.05) is 18.7 Å². The highest BCUT2D eigenvalue weighted by Gasteiger charge is 2.24. The lowest BCUT2D eigenvalue weighted by molar-refractivity contribution is 0.127. The molecule has 0 aromatic carbocycles. The summed E-state index contributed by atoms with van der Waals surface area (Å²) >= 11 is 1.88. The van der Waals surface area contributed by atoms with Gasteiger partial charge in [-0.2, -0.15) is 17.0 Å². The van der Waals surface area contributed by atoms with Crippen LogP contribution in [0.5, 0.6) is 0 Å². The van der Waals surface area contributed by atoms with Crippen molar-refractivity contribution in [3.05, 3.63) is 0 Å². The first-order chi connectivity index (χ1) is 5.74. The van der Waals surface area contributed by atoms with Crippen molar-refractivity contribution in [2.45, 2.75) is 31.6 Å². The van der Waals surface area contributed by atoms with Gasteiger partial charge in [0.15, 0.2) is 0 Å². The summed E-state index contributed by atoms with van der Waals surface area (Å²) in [6.45, 7) is 4.97. The molecule has 2 nitrogen and oxygen atoms in total. The summed E-state index contributed by atoms with van der Waals surface area (Å²) in [6.07, 6.45) is 1.52. The molecule has 0 bridgehead atoms. The summed E-state index contributed by atoms with van der Waals surface area (Å²) in [6, 6.07) is 2.24. The number of nitrogens with zero attached hydrogens (tertiary/aromatic N) is 1. The number of ether oxygens (including phenoxy) is 1. The fourth-order valence-corrected chi connectivity index (χ4v) is 2.46. The van der Waals surface area contributed by atoms with Gasteiger partial charge in [0.05, 0.1) is 18.1 Å². The zero-order valence-electron chi connectivity index (χ0n) is 7.62. The molecule has 0 spiro atoms. The Kier molecular flexibility index (Phi) is 3.90. The molecule has 0 saturated carbocycles. The first kappa shape index (κ1) is 9.88. The van der Waals surface area contributed by atoms with Crippen LogP contribution in [-0.2, 0) is 4.74 Å². The number of nitriles is 1. The van der Waals surface area contributed by atoms with E-state index in [0.29, 0.717) is 11.4 Å². The van der Waals surface area contributed by atoms with Gasteiger partial charge in [-0.1, -0.05) is 0 Å². The lowest BCUT2D eigenvalue weighted by Gasteiger charge is -2.13. The third-order valence-electron chi connectivity index (χ3n) is 2.09. The molecule has 1 rings (SSSR count). The van der Waals surface area contributed by atoms with Crippen LogP contribution in [0.3, 0.4) is 0 Å². The van der Waals surface area contributed by atoms with Gasteiger partial charge in [0.1, 0.15) is 0 Å². The monoisotopic (exact) mass is 185 g/mol. The van der Waals surface area contributed by atoms with Crippen LogP contribution in [0.1, 0.15) is 20.3 Å². The second kappa shape index (κ2) is 4.74. The normalized spacial score (nSPS) is 31.4. The van der Waals surface area contributed by atoms with E-state index in [1.165, 1.54) is 0 Å². The topological polar surface area (TPSA) is 33.0 Å². The van der Waals surface area contributed by atoms with Gasteiger partial charge in [0.2, 0.25) is 0 Å². The first-order valence-electron chi connectivity index (χ1n) is 4.37. The van der Waals surface area contributed by atoms with E-state index in [4.69, 9.17) is 10.00 Å². The molecule has 0 aromatic rings. The molecule has 68 valence electrons. The predicted octanol–water partition coefficient (Wildman–Crippen LogP) is 2.06. The molecular formula is C9H15NOS. The largest absolute Gasteiger partial charge is 0.377 e. The zero-order valence-corrected chi connectivity index (χ0v) is 8.43. The standard InChI is InChI=1S/C9H15NOS/c1-7(5-10)6-12-9-3-4-11-8(9)2/h7-9H,3-4,6H2,1-2H3. The highest BCUT2D eigenvalue weighted by Crippen LogP contribution is 2.27. The van der Waals surface area contributed by atoms with Gasteiger partial charge in [0, 0.05) is 17.6 Å². The van der Waals surface area contributed by atoms with E-state index in [9.17, 15) is 0 Å². The Morgan fingerprint density at radius 2 is 2.50 bits per heavy atom. The van der Waals surface area contributed by atoms with Crippen molar-refractivity contribution < 1.29 is 4.74 Å². The fraction of sp³-hybridized carbons (Fsp3) is 0.889. The van der Waals surface area contributed by atoms with Gasteiger partial charge in [-0.15, -0.1) is 0 Å². The minimum atomic E-state index is 0.169. The Morgan fingerprint density at radius 3 is 3.00 bits per heavy atom. The summed E-state index contributed by atoms with van der Waals surface area (Å²) in [5.41, 5.74) is 0. The highest BCUT2D eigenvalue weighted by molar-refractivity contribution is 7.99. The van der Waals surface area contributed by atoms with Crippen molar-refractivity contribution in [3.8, 4) is 6.07 Å². The van der Waals surface area contributed by atoms with E-state index in [-0.39, 0.29) is 5.92 Å². The Bertz CT molecular complexity index is 178. The average molecular weight is 185 g/mol. The Balaban J connectivity index is 2.19. The molecule has 1 heterocycles. The molecular weight excluding hydrogens is 170 g/mol. The summed E-state index contributed by atoms with van der Waals surface area (Å²) in [4.78, 5) is 0. The number of thioether (sulfide) groups is 1. The van der Waals surface area contributed by atoms with Crippen LogP contribution in [0.2, 0.25) is 0 Å². The molecule has 0 N–H and O–H groups in total. The maximum atomic E-state index is 8.58. The van der Waals surface area contributed by atoms with Crippen LogP contribution in [0.4, 0.5) is 0 Å². The molecule has 3 unspecified atom stereocenters. The minimum absolute atomic E-state index is 0.169. The van der Waals surface area contributed by atoms with Crippen LogP contribution in [0.15, 0.2) is 0 Å². The maximum absolute atomic E-state index is 8.58. The number of hydrogen-bond donors (Lipinski definition) is 0. The van der Waals surface area contributed by atoms with Gasteiger partial charge in [0.25, 0.3) is 0 Å². The van der Waals surface area contributed by atoms with Crippen molar-refractivity contribution in [2.75, 3.05) is 12.4 Å². The Hall–Kier alpha value is -0.200. The molecule has 3 heteroatoms. The predicted molar refractivity (Wildman–Crippen MR) is 51.1 cm³/mol. The van der Waals surface area contributed by atoms with Crippen LogP contribution in [0.25, 0.3) is 0 Å². The molecule has 0 aliphatic carbocycles. The second-order valence-corrected chi connectivity index (χ2v) is 4.54. The minimum Gasteiger partial charge on any atom is -0.377 e. The van der Waals surface area contributed by atoms with Crippen molar-refractivity contribution >= 4 is 11.8 Å². The summed E-state index contributed by atoms with van der Waals surface area (Å²) < 4.78 is 5.43. The molecule has 1 fully saturated rings. The van der Waals surface area contributed by atoms with E-state index >= 15 is 0 Å². The van der Waals surface area contributed by atoms with Gasteiger partial charge in [-0.05, 0) is 20.3 Å². The third kappa shape index (κ3) is 2.69. The van der Waals surface area contributed by atoms with E-state index in [1.54, 1.807) is 0 Å². The molecule has 12 heavy (non-hydrogen) atoms. The highest BCUT2D eigenvalue weighted by atomic mass is 32.2. The molecule has 1 aliphatic rings. The summed E-state index contributed by atoms with van der Waals surface area (Å²) in [5.74, 6) is 1.11. The zero-order chi connectivity index (χ0) is 8.97. The van der Waals surface area contributed by atoms with Crippen molar-refractivity contribution in [2.24, 2.45) is 5.92 Å². The SMILES string of the molecule is CC(C#N)CSC1CCOC1C. The molecule has 0 radical (unpaired) electrons. The van der Waals surface area contributed by atoms with Gasteiger partial charge < -0.3 is 4.74 Å². The van der Waals surface area contributed by atoms with E-state index in [0.717, 1.165) is 18.8 Å². The van der Waals surface area contributed by atoms with E-state index in [2.05, 4.69) is 13.0 Å². The average Bonchev–Trinajstić information content (AvgIpc) is 2.47. The molecule has 0 aromatic heterocycles. The smallest absolute Gasteiger partial charge is 0.0666 e. The van der Waals surface area contributed by atoms with Crippen molar-refractivity contribution in [1.29, 1.82) is 5.26 Å². The molecule has 0 amide bonds. The molecule has 1 aliphatic heterocycles. The molecule has 3 atom stereocenters. The van der Waals surface area contributed by atoms with Crippen molar-refractivity contribution in [3.63, 3.8) is 0 Å². The van der Waals surface area contributed by atoms with Gasteiger partial charge >= 0.3 is 0 Å². The van der Waals surface area contributed by atoms with E-state index < -0.39 is 0 Å².